The molecule has 12 heteroatoms. The summed E-state index contributed by atoms with van der Waals surface area (Å²) in [6, 6.07) is 7.57. The van der Waals surface area contributed by atoms with Gasteiger partial charge in [-0.05, 0) is 37.2 Å². The molecule has 36 heavy (non-hydrogen) atoms. The number of aliphatic carboxylic acids is 1. The molecule has 12 nitrogen and oxygen atoms in total. The molecule has 0 radical (unpaired) electrons. The lowest BCUT2D eigenvalue weighted by Gasteiger charge is -2.31. The van der Waals surface area contributed by atoms with Crippen molar-refractivity contribution in [2.75, 3.05) is 26.2 Å². The number of likely N-dealkylation sites (tertiary alicyclic amines) is 1. The highest BCUT2D eigenvalue weighted by molar-refractivity contribution is 5.92. The molecule has 1 aliphatic heterocycles. The molecular weight excluding hydrogens is 468 g/mol. The summed E-state index contributed by atoms with van der Waals surface area (Å²) in [6.07, 6.45) is 3.61. The Morgan fingerprint density at radius 1 is 1.22 bits per heavy atom. The minimum absolute atomic E-state index is 0.00840. The van der Waals surface area contributed by atoms with Gasteiger partial charge in [0, 0.05) is 25.7 Å². The number of rotatable bonds is 12. The smallest absolute Gasteiger partial charge is 0.408 e. The van der Waals surface area contributed by atoms with Gasteiger partial charge in [0.05, 0.1) is 6.42 Å². The number of hydrazone groups is 1. The number of benzene rings is 1. The van der Waals surface area contributed by atoms with E-state index in [9.17, 15) is 24.3 Å². The molecule has 0 bridgehead atoms. The van der Waals surface area contributed by atoms with E-state index < -0.39 is 36.5 Å². The number of piperidine rings is 1. The van der Waals surface area contributed by atoms with Crippen LogP contribution in [0.15, 0.2) is 35.4 Å². The fourth-order valence-corrected chi connectivity index (χ4v) is 4.20. The third kappa shape index (κ3) is 8.75. The molecule has 3 rings (SSSR count). The largest absolute Gasteiger partial charge is 0.480 e. The zero-order valence-electron chi connectivity index (χ0n) is 20.2. The van der Waals surface area contributed by atoms with Crippen molar-refractivity contribution in [2.45, 2.75) is 50.8 Å². The van der Waals surface area contributed by atoms with E-state index in [0.29, 0.717) is 25.9 Å². The van der Waals surface area contributed by atoms with Crippen LogP contribution in [-0.4, -0.2) is 83.4 Å². The highest BCUT2D eigenvalue weighted by atomic mass is 16.5. The molecule has 1 aromatic rings. The fraction of sp³-hybridized carbons (Fsp3) is 0.542. The standard InChI is InChI=1S/C24H34N6O6/c25-27-16-29-10-4-7-18(13-29)12-26-21(31)11-20(23(34)30(14-22(32)33)19-8-9-19)28-24(35)36-15-17-5-2-1-3-6-17/h1-3,5-6,16,18-20H,4,7-15,25H2,(H,26,31)(H,28,35)(H,32,33)/t18-,20-/m0/s1. The van der Waals surface area contributed by atoms with Crippen LogP contribution in [0, 0.1) is 5.92 Å². The van der Waals surface area contributed by atoms with Gasteiger partial charge in [0.2, 0.25) is 11.8 Å². The summed E-state index contributed by atoms with van der Waals surface area (Å²) in [5, 5.41) is 18.1. The molecule has 0 unspecified atom stereocenters. The number of ether oxygens (including phenoxy) is 1. The molecular formula is C24H34N6O6. The summed E-state index contributed by atoms with van der Waals surface area (Å²) in [7, 11) is 0. The Labute approximate surface area is 209 Å². The van der Waals surface area contributed by atoms with Crippen molar-refractivity contribution in [1.82, 2.24) is 20.4 Å². The Kier molecular flexibility index (Phi) is 9.90. The maximum atomic E-state index is 13.2. The van der Waals surface area contributed by atoms with Crippen molar-refractivity contribution >= 4 is 30.2 Å². The number of hydrogen-bond donors (Lipinski definition) is 4. The molecule has 2 aliphatic rings. The van der Waals surface area contributed by atoms with Crippen LogP contribution in [0.1, 0.15) is 37.7 Å². The highest BCUT2D eigenvalue weighted by Crippen LogP contribution is 2.27. The number of nitrogens with two attached hydrogens (primary N) is 1. The first-order chi connectivity index (χ1) is 17.4. The normalized spacial score (nSPS) is 18.3. The van der Waals surface area contributed by atoms with Crippen molar-refractivity contribution < 1.29 is 29.0 Å². The van der Waals surface area contributed by atoms with E-state index >= 15 is 0 Å². The Hall–Kier alpha value is -3.83. The van der Waals surface area contributed by atoms with Gasteiger partial charge in [-0.1, -0.05) is 30.3 Å². The zero-order valence-corrected chi connectivity index (χ0v) is 20.2. The van der Waals surface area contributed by atoms with E-state index in [1.165, 1.54) is 4.90 Å². The third-order valence-electron chi connectivity index (χ3n) is 6.14. The number of alkyl carbamates (subject to hydrolysis) is 1. The molecule has 1 aliphatic carbocycles. The molecule has 1 aromatic carbocycles. The van der Waals surface area contributed by atoms with Crippen molar-refractivity contribution in [3.8, 4) is 0 Å². The van der Waals surface area contributed by atoms with Crippen LogP contribution >= 0.6 is 0 Å². The third-order valence-corrected chi connectivity index (χ3v) is 6.14. The average Bonchev–Trinajstić information content (AvgIpc) is 3.70. The van der Waals surface area contributed by atoms with Gasteiger partial charge in [-0.2, -0.15) is 5.10 Å². The van der Waals surface area contributed by atoms with E-state index in [1.807, 2.05) is 11.0 Å². The number of nitrogens with one attached hydrogen (secondary N) is 2. The molecule has 1 saturated carbocycles. The van der Waals surface area contributed by atoms with Crippen molar-refractivity contribution in [2.24, 2.45) is 16.9 Å². The lowest BCUT2D eigenvalue weighted by Crippen LogP contribution is -2.52. The van der Waals surface area contributed by atoms with Gasteiger partial charge in [-0.15, -0.1) is 0 Å². The Morgan fingerprint density at radius 2 is 1.97 bits per heavy atom. The Bertz CT molecular complexity index is 938. The van der Waals surface area contributed by atoms with Gasteiger partial charge in [-0.3, -0.25) is 14.4 Å². The number of nitrogens with zero attached hydrogens (tertiary/aromatic N) is 3. The van der Waals surface area contributed by atoms with Crippen LogP contribution in [0.5, 0.6) is 0 Å². The number of carbonyl (C=O) groups is 4. The first-order valence-corrected chi connectivity index (χ1v) is 12.1. The molecule has 196 valence electrons. The molecule has 1 heterocycles. The second-order valence-corrected chi connectivity index (χ2v) is 9.13. The van der Waals surface area contributed by atoms with Crippen LogP contribution in [0.2, 0.25) is 0 Å². The topological polar surface area (TPSA) is 167 Å². The Morgan fingerprint density at radius 3 is 2.64 bits per heavy atom. The van der Waals surface area contributed by atoms with Gasteiger partial charge >= 0.3 is 12.1 Å². The monoisotopic (exact) mass is 502 g/mol. The maximum absolute atomic E-state index is 13.2. The molecule has 5 N–H and O–H groups in total. The molecule has 0 aromatic heterocycles. The summed E-state index contributed by atoms with van der Waals surface area (Å²) in [4.78, 5) is 52.9. The number of carboxylic acids is 1. The van der Waals surface area contributed by atoms with Gasteiger partial charge in [0.15, 0.2) is 0 Å². The van der Waals surface area contributed by atoms with Crippen molar-refractivity contribution in [3.63, 3.8) is 0 Å². The van der Waals surface area contributed by atoms with E-state index in [0.717, 1.165) is 24.9 Å². The van der Waals surface area contributed by atoms with E-state index in [4.69, 9.17) is 10.6 Å². The minimum atomic E-state index is -1.25. The SMILES string of the molecule is NN=CN1CCC[C@@H](CNC(=O)C[C@H](NC(=O)OCc2ccccc2)C(=O)N(CC(=O)O)C2CC2)C1. The predicted octanol–water partition coefficient (Wildman–Crippen LogP) is 0.477. The molecule has 3 amide bonds. The van der Waals surface area contributed by atoms with E-state index in [-0.39, 0.29) is 25.0 Å². The predicted molar refractivity (Wildman–Crippen MR) is 131 cm³/mol. The molecule has 1 saturated heterocycles. The number of hydrogen-bond acceptors (Lipinski definition) is 7. The zero-order chi connectivity index (χ0) is 25.9. The van der Waals surface area contributed by atoms with Crippen LogP contribution in [-0.2, 0) is 25.7 Å². The summed E-state index contributed by atoms with van der Waals surface area (Å²) in [5.41, 5.74) is 0.764. The number of carboxylic acid groups (broad SMARTS) is 1. The molecule has 2 atom stereocenters. The van der Waals surface area contributed by atoms with E-state index in [1.54, 1.807) is 30.6 Å². The minimum Gasteiger partial charge on any atom is -0.480 e. The summed E-state index contributed by atoms with van der Waals surface area (Å²) in [6.45, 7) is 1.43. The first kappa shape index (κ1) is 26.8. The summed E-state index contributed by atoms with van der Waals surface area (Å²) < 4.78 is 5.22. The summed E-state index contributed by atoms with van der Waals surface area (Å²) >= 11 is 0. The van der Waals surface area contributed by atoms with Crippen molar-refractivity contribution in [1.29, 1.82) is 0 Å². The van der Waals surface area contributed by atoms with Crippen LogP contribution in [0.25, 0.3) is 0 Å². The van der Waals surface area contributed by atoms with E-state index in [2.05, 4.69) is 15.7 Å². The molecule has 2 fully saturated rings. The molecule has 0 spiro atoms. The second-order valence-electron chi connectivity index (χ2n) is 9.13. The van der Waals surface area contributed by atoms with Gasteiger partial charge in [0.25, 0.3) is 0 Å². The Balaban J connectivity index is 1.59. The lowest BCUT2D eigenvalue weighted by molar-refractivity contribution is -0.146. The fourth-order valence-electron chi connectivity index (χ4n) is 4.20. The van der Waals surface area contributed by atoms with Crippen molar-refractivity contribution in [3.05, 3.63) is 35.9 Å². The average molecular weight is 503 g/mol. The highest BCUT2D eigenvalue weighted by Gasteiger charge is 2.38. The second kappa shape index (κ2) is 13.3. The van der Waals surface area contributed by atoms with Crippen LogP contribution in [0.3, 0.4) is 0 Å². The van der Waals surface area contributed by atoms with Gasteiger partial charge in [0.1, 0.15) is 25.5 Å². The lowest BCUT2D eigenvalue weighted by atomic mass is 9.98. The first-order valence-electron chi connectivity index (χ1n) is 12.1. The number of amides is 3. The van der Waals surface area contributed by atoms with Gasteiger partial charge < -0.3 is 36.1 Å². The van der Waals surface area contributed by atoms with Gasteiger partial charge in [-0.25, -0.2) is 4.79 Å². The van der Waals surface area contributed by atoms with Crippen LogP contribution in [0.4, 0.5) is 4.79 Å². The maximum Gasteiger partial charge on any atom is 0.408 e. The van der Waals surface area contributed by atoms with Crippen LogP contribution < -0.4 is 16.5 Å². The number of carbonyl (C=O) groups excluding carboxylic acids is 3. The quantitative estimate of drug-likeness (QED) is 0.139. The summed E-state index contributed by atoms with van der Waals surface area (Å²) in [5.74, 6) is 3.21.